The fourth-order valence-electron chi connectivity index (χ4n) is 2.72. The van der Waals surface area contributed by atoms with E-state index in [1.54, 1.807) is 0 Å². The first-order chi connectivity index (χ1) is 8.16. The normalized spacial score (nSPS) is 43.8. The van der Waals surface area contributed by atoms with E-state index in [9.17, 15) is 9.59 Å². The van der Waals surface area contributed by atoms with E-state index in [1.165, 1.54) is 0 Å². The predicted molar refractivity (Wildman–Crippen MR) is 62.5 cm³/mol. The lowest BCUT2D eigenvalue weighted by Gasteiger charge is -2.45. The largest absolute Gasteiger partial charge is 0.376 e. The van der Waals surface area contributed by atoms with E-state index in [-0.39, 0.29) is 29.3 Å². The topological polar surface area (TPSA) is 93.4 Å². The molecule has 0 radical (unpaired) electrons. The fourth-order valence-corrected chi connectivity index (χ4v) is 3.50. The first-order valence-electron chi connectivity index (χ1n) is 5.77. The summed E-state index contributed by atoms with van der Waals surface area (Å²) in [5.41, 5.74) is 5.99. The third kappa shape index (κ3) is 1.82. The van der Waals surface area contributed by atoms with Crippen LogP contribution in [0.1, 0.15) is 6.42 Å². The van der Waals surface area contributed by atoms with Gasteiger partial charge in [0, 0.05) is 24.3 Å². The van der Waals surface area contributed by atoms with E-state index >= 15 is 0 Å². The van der Waals surface area contributed by atoms with Crippen molar-refractivity contribution < 1.29 is 14.3 Å². The quantitative estimate of drug-likeness (QED) is 0.592. The average molecular weight is 257 g/mol. The second-order valence-electron chi connectivity index (χ2n) is 4.70. The molecule has 0 aromatic heterocycles. The van der Waals surface area contributed by atoms with Crippen molar-refractivity contribution in [1.82, 2.24) is 10.6 Å². The molecule has 0 aromatic rings. The molecule has 2 amide bonds. The van der Waals surface area contributed by atoms with Gasteiger partial charge < -0.3 is 21.1 Å². The van der Waals surface area contributed by atoms with Crippen LogP contribution in [0.3, 0.4) is 0 Å². The maximum atomic E-state index is 11.9. The summed E-state index contributed by atoms with van der Waals surface area (Å²) in [5, 5.41) is 5.35. The summed E-state index contributed by atoms with van der Waals surface area (Å²) in [6.45, 7) is 0.728. The Morgan fingerprint density at radius 3 is 3.12 bits per heavy atom. The molecule has 0 bridgehead atoms. The Morgan fingerprint density at radius 1 is 1.59 bits per heavy atom. The highest BCUT2D eigenvalue weighted by molar-refractivity contribution is 8.14. The van der Waals surface area contributed by atoms with Crippen LogP contribution < -0.4 is 16.4 Å². The van der Waals surface area contributed by atoms with Crippen LogP contribution in [0.2, 0.25) is 0 Å². The number of hydrogen-bond acceptors (Lipinski definition) is 5. The lowest BCUT2D eigenvalue weighted by molar-refractivity contribution is -0.126. The van der Waals surface area contributed by atoms with Crippen molar-refractivity contribution in [1.29, 1.82) is 0 Å². The van der Waals surface area contributed by atoms with Crippen LogP contribution in [0, 0.1) is 5.92 Å². The minimum absolute atomic E-state index is 0.0174. The minimum atomic E-state index is -0.430. The zero-order chi connectivity index (χ0) is 12.0. The Morgan fingerprint density at radius 2 is 2.41 bits per heavy atom. The number of thioether (sulfide) groups is 1. The van der Waals surface area contributed by atoms with Gasteiger partial charge in [0.2, 0.25) is 5.91 Å². The van der Waals surface area contributed by atoms with Crippen molar-refractivity contribution in [2.75, 3.05) is 12.4 Å². The SMILES string of the molecule is NC1C2CCOC2C1NC(=O)C1CSC(=O)N1. The summed E-state index contributed by atoms with van der Waals surface area (Å²) in [6, 6.07) is -0.547. The number of ether oxygens (including phenoxy) is 1. The van der Waals surface area contributed by atoms with Gasteiger partial charge in [0.05, 0.1) is 12.1 Å². The highest BCUT2D eigenvalue weighted by Gasteiger charge is 2.53. The lowest BCUT2D eigenvalue weighted by Crippen LogP contribution is -2.70. The molecule has 3 rings (SSSR count). The second kappa shape index (κ2) is 4.15. The van der Waals surface area contributed by atoms with Crippen LogP contribution in [0.15, 0.2) is 0 Å². The van der Waals surface area contributed by atoms with E-state index in [2.05, 4.69) is 10.6 Å². The van der Waals surface area contributed by atoms with Gasteiger partial charge in [0.25, 0.3) is 5.24 Å². The van der Waals surface area contributed by atoms with Crippen LogP contribution in [0.25, 0.3) is 0 Å². The number of nitrogens with two attached hydrogens (primary N) is 1. The third-order valence-corrected chi connectivity index (χ3v) is 4.63. The smallest absolute Gasteiger partial charge is 0.279 e. The van der Waals surface area contributed by atoms with Crippen LogP contribution >= 0.6 is 11.8 Å². The van der Waals surface area contributed by atoms with E-state index in [0.29, 0.717) is 11.7 Å². The van der Waals surface area contributed by atoms with Crippen molar-refractivity contribution in [3.8, 4) is 0 Å². The van der Waals surface area contributed by atoms with Gasteiger partial charge in [0.1, 0.15) is 6.04 Å². The Bertz CT molecular complexity index is 365. The van der Waals surface area contributed by atoms with E-state index in [0.717, 1.165) is 24.8 Å². The lowest BCUT2D eigenvalue weighted by atomic mass is 9.72. The molecule has 5 unspecified atom stereocenters. The van der Waals surface area contributed by atoms with Crippen molar-refractivity contribution in [3.05, 3.63) is 0 Å². The summed E-state index contributed by atoms with van der Waals surface area (Å²) >= 11 is 1.13. The molecule has 2 saturated heterocycles. The number of carbonyl (C=O) groups excluding carboxylic acids is 2. The Labute approximate surface area is 103 Å². The molecule has 1 aliphatic carbocycles. The number of nitrogens with one attached hydrogen (secondary N) is 2. The van der Waals surface area contributed by atoms with Crippen molar-refractivity contribution in [2.24, 2.45) is 11.7 Å². The number of carbonyl (C=O) groups is 2. The molecule has 3 aliphatic rings. The number of hydrogen-bond donors (Lipinski definition) is 3. The van der Waals surface area contributed by atoms with Gasteiger partial charge in [-0.05, 0) is 6.42 Å². The average Bonchev–Trinajstić information content (AvgIpc) is 2.92. The molecular formula is C10H15N3O3S. The predicted octanol–water partition coefficient (Wildman–Crippen LogP) is -0.958. The molecule has 4 N–H and O–H groups in total. The van der Waals surface area contributed by atoms with Gasteiger partial charge in [0.15, 0.2) is 0 Å². The van der Waals surface area contributed by atoms with E-state index < -0.39 is 6.04 Å². The summed E-state index contributed by atoms with van der Waals surface area (Å²) in [7, 11) is 0. The van der Waals surface area contributed by atoms with Gasteiger partial charge in [-0.2, -0.15) is 0 Å². The zero-order valence-electron chi connectivity index (χ0n) is 9.22. The van der Waals surface area contributed by atoms with E-state index in [4.69, 9.17) is 10.5 Å². The van der Waals surface area contributed by atoms with Crippen LogP contribution in [0.4, 0.5) is 4.79 Å². The molecule has 17 heavy (non-hydrogen) atoms. The molecule has 1 saturated carbocycles. The minimum Gasteiger partial charge on any atom is -0.376 e. The summed E-state index contributed by atoms with van der Waals surface area (Å²) in [6.07, 6.45) is 1.05. The van der Waals surface area contributed by atoms with Gasteiger partial charge >= 0.3 is 0 Å². The van der Waals surface area contributed by atoms with Gasteiger partial charge in [-0.3, -0.25) is 9.59 Å². The fraction of sp³-hybridized carbons (Fsp3) is 0.800. The first-order valence-corrected chi connectivity index (χ1v) is 6.76. The molecule has 5 atom stereocenters. The first kappa shape index (κ1) is 11.3. The Kier molecular flexibility index (Phi) is 2.76. The maximum absolute atomic E-state index is 11.9. The van der Waals surface area contributed by atoms with Gasteiger partial charge in [-0.1, -0.05) is 11.8 Å². The van der Waals surface area contributed by atoms with E-state index in [1.807, 2.05) is 0 Å². The molecule has 3 fully saturated rings. The number of rotatable bonds is 2. The third-order valence-electron chi connectivity index (χ3n) is 3.75. The van der Waals surface area contributed by atoms with Crippen LogP contribution in [0.5, 0.6) is 0 Å². The standard InChI is InChI=1S/C10H15N3O3S/c11-6-4-1-2-16-8(4)7(6)13-9(14)5-3-17-10(15)12-5/h4-8H,1-3,11H2,(H,12,15)(H,13,14). The Hall–Kier alpha value is -0.790. The molecule has 2 heterocycles. The van der Waals surface area contributed by atoms with Crippen LogP contribution in [-0.2, 0) is 9.53 Å². The van der Waals surface area contributed by atoms with Gasteiger partial charge in [-0.25, -0.2) is 0 Å². The molecule has 0 aromatic carbocycles. The summed E-state index contributed by atoms with van der Waals surface area (Å²) in [5.74, 6) is 0.715. The maximum Gasteiger partial charge on any atom is 0.279 e. The molecule has 6 nitrogen and oxygen atoms in total. The Balaban J connectivity index is 1.57. The molecule has 7 heteroatoms. The summed E-state index contributed by atoms with van der Waals surface area (Å²) in [4.78, 5) is 22.9. The molecule has 2 aliphatic heterocycles. The highest BCUT2D eigenvalue weighted by Crippen LogP contribution is 2.37. The van der Waals surface area contributed by atoms with Crippen LogP contribution in [-0.4, -0.2) is 47.7 Å². The number of amides is 2. The van der Waals surface area contributed by atoms with Crippen molar-refractivity contribution in [3.63, 3.8) is 0 Å². The number of fused-ring (bicyclic) bond motifs is 1. The molecule has 0 spiro atoms. The monoisotopic (exact) mass is 257 g/mol. The second-order valence-corrected chi connectivity index (χ2v) is 5.69. The highest BCUT2D eigenvalue weighted by atomic mass is 32.2. The van der Waals surface area contributed by atoms with Crippen molar-refractivity contribution >= 4 is 22.9 Å². The molecular weight excluding hydrogens is 242 g/mol. The molecule has 94 valence electrons. The summed E-state index contributed by atoms with van der Waals surface area (Å²) < 4.78 is 5.53. The zero-order valence-corrected chi connectivity index (χ0v) is 10.0. The van der Waals surface area contributed by atoms with Crippen molar-refractivity contribution in [2.45, 2.75) is 30.7 Å². The van der Waals surface area contributed by atoms with Gasteiger partial charge in [-0.15, -0.1) is 0 Å².